The molecule has 41 heavy (non-hydrogen) atoms. The third kappa shape index (κ3) is 6.14. The van der Waals surface area contributed by atoms with E-state index >= 15 is 0 Å². The molecule has 1 saturated heterocycles. The number of ether oxygens (including phenoxy) is 1. The Morgan fingerprint density at radius 2 is 1.76 bits per heavy atom. The highest BCUT2D eigenvalue weighted by molar-refractivity contribution is 9.10. The van der Waals surface area contributed by atoms with Gasteiger partial charge >= 0.3 is 0 Å². The molecule has 4 aromatic rings. The Kier molecular flexibility index (Phi) is 8.16. The molecule has 2 aromatic heterocycles. The Morgan fingerprint density at radius 3 is 2.46 bits per heavy atom. The van der Waals surface area contributed by atoms with Gasteiger partial charge in [0.15, 0.2) is 0 Å². The summed E-state index contributed by atoms with van der Waals surface area (Å²) in [5.74, 6) is 1.44. The summed E-state index contributed by atoms with van der Waals surface area (Å²) in [7, 11) is 1.66. The summed E-state index contributed by atoms with van der Waals surface area (Å²) in [6.45, 7) is 6.01. The van der Waals surface area contributed by atoms with E-state index in [2.05, 4.69) is 70.3 Å². The van der Waals surface area contributed by atoms with Crippen molar-refractivity contribution in [1.82, 2.24) is 24.8 Å². The van der Waals surface area contributed by atoms with E-state index in [0.29, 0.717) is 44.4 Å². The Morgan fingerprint density at radius 1 is 1.02 bits per heavy atom. The Labute approximate surface area is 248 Å². The highest BCUT2D eigenvalue weighted by Gasteiger charge is 2.22. The van der Waals surface area contributed by atoms with Gasteiger partial charge in [-0.1, -0.05) is 0 Å². The van der Waals surface area contributed by atoms with Gasteiger partial charge in [0.25, 0.3) is 0 Å². The first-order chi connectivity index (χ1) is 19.5. The first-order valence-corrected chi connectivity index (χ1v) is 15.6. The summed E-state index contributed by atoms with van der Waals surface area (Å²) in [6.07, 6.45) is 5.85. The van der Waals surface area contributed by atoms with Crippen molar-refractivity contribution in [2.45, 2.75) is 6.92 Å². The van der Waals surface area contributed by atoms with Crippen LogP contribution in [0.1, 0.15) is 5.56 Å². The van der Waals surface area contributed by atoms with Crippen LogP contribution >= 0.6 is 15.9 Å². The van der Waals surface area contributed by atoms with Gasteiger partial charge < -0.3 is 25.2 Å². The number of methoxy groups -OCH3 is 1. The fraction of sp³-hybridized carbons (Fsp3) is 0.333. The second-order valence-corrected chi connectivity index (χ2v) is 12.8. The van der Waals surface area contributed by atoms with E-state index in [0.717, 1.165) is 49.4 Å². The van der Waals surface area contributed by atoms with Crippen molar-refractivity contribution in [3.05, 3.63) is 52.9 Å². The lowest BCUT2D eigenvalue weighted by Crippen LogP contribution is -2.44. The summed E-state index contributed by atoms with van der Waals surface area (Å²) in [5.41, 5.74) is 4.83. The minimum Gasteiger partial charge on any atom is -0.494 e. The number of hydrogen-bond acceptors (Lipinski definition) is 11. The maximum atomic E-state index is 12.5. The Hall–Kier alpha value is -3.75. The van der Waals surface area contributed by atoms with Crippen LogP contribution < -0.4 is 24.6 Å². The molecule has 1 aliphatic heterocycles. The number of anilines is 6. The molecule has 216 valence electrons. The molecule has 1 fully saturated rings. The van der Waals surface area contributed by atoms with Gasteiger partial charge in [0.2, 0.25) is 16.0 Å². The lowest BCUT2D eigenvalue weighted by molar-refractivity contribution is 0.312. The topological polar surface area (TPSA) is 129 Å². The molecule has 0 radical (unpaired) electrons. The summed E-state index contributed by atoms with van der Waals surface area (Å²) < 4.78 is 32.5. The van der Waals surface area contributed by atoms with E-state index in [-0.39, 0.29) is 0 Å². The quantitative estimate of drug-likeness (QED) is 0.288. The molecule has 2 N–H and O–H groups in total. The molecule has 0 spiro atoms. The van der Waals surface area contributed by atoms with Gasteiger partial charge in [-0.15, -0.1) is 0 Å². The van der Waals surface area contributed by atoms with E-state index in [1.807, 2.05) is 12.1 Å². The normalized spacial score (nSPS) is 14.2. The lowest BCUT2D eigenvalue weighted by Gasteiger charge is -2.35. The van der Waals surface area contributed by atoms with E-state index in [4.69, 9.17) is 4.74 Å². The fourth-order valence-corrected chi connectivity index (χ4v) is 5.51. The molecule has 14 heteroatoms. The Bertz CT molecular complexity index is 1700. The minimum absolute atomic E-state index is 0.333. The van der Waals surface area contributed by atoms with Crippen molar-refractivity contribution < 1.29 is 13.2 Å². The monoisotopic (exact) mass is 641 g/mol. The van der Waals surface area contributed by atoms with Crippen molar-refractivity contribution in [3.8, 4) is 5.75 Å². The number of aromatic nitrogens is 4. The average molecular weight is 643 g/mol. The molecule has 0 bridgehead atoms. The average Bonchev–Trinajstić information content (AvgIpc) is 2.94. The number of nitrogens with zero attached hydrogens (tertiary/aromatic N) is 7. The van der Waals surface area contributed by atoms with Gasteiger partial charge in [-0.2, -0.15) is 4.98 Å². The molecule has 0 atom stereocenters. The molecular weight excluding hydrogens is 610 g/mol. The molecule has 2 aromatic carbocycles. The molecule has 5 rings (SSSR count). The first-order valence-electron chi connectivity index (χ1n) is 12.9. The van der Waals surface area contributed by atoms with Crippen LogP contribution in [0.4, 0.5) is 34.5 Å². The van der Waals surface area contributed by atoms with Crippen molar-refractivity contribution in [2.75, 3.05) is 73.5 Å². The van der Waals surface area contributed by atoms with E-state index < -0.39 is 10.0 Å². The second kappa shape index (κ2) is 11.6. The maximum absolute atomic E-state index is 12.5. The van der Waals surface area contributed by atoms with Gasteiger partial charge in [0.05, 0.1) is 34.7 Å². The highest BCUT2D eigenvalue weighted by atomic mass is 79.9. The van der Waals surface area contributed by atoms with E-state index in [9.17, 15) is 8.42 Å². The molecule has 0 unspecified atom stereocenters. The van der Waals surface area contributed by atoms with Crippen LogP contribution in [0, 0.1) is 6.92 Å². The number of rotatable bonds is 8. The van der Waals surface area contributed by atoms with E-state index in [1.165, 1.54) is 17.5 Å². The number of benzene rings is 2. The van der Waals surface area contributed by atoms with Crippen LogP contribution in [0.5, 0.6) is 5.75 Å². The van der Waals surface area contributed by atoms with Gasteiger partial charge in [0.1, 0.15) is 22.8 Å². The molecular formula is C27H32BrN9O3S. The molecule has 0 saturated carbocycles. The number of aryl methyl sites for hydroxylation is 1. The van der Waals surface area contributed by atoms with E-state index in [1.54, 1.807) is 31.6 Å². The number of piperazine rings is 1. The van der Waals surface area contributed by atoms with Crippen molar-refractivity contribution >= 4 is 71.5 Å². The summed E-state index contributed by atoms with van der Waals surface area (Å²) >= 11 is 3.51. The number of likely N-dealkylation sites (N-methyl/N-ethyl adjacent to an activating group) is 1. The largest absolute Gasteiger partial charge is 0.494 e. The van der Waals surface area contributed by atoms with Crippen LogP contribution in [0.2, 0.25) is 0 Å². The van der Waals surface area contributed by atoms with Gasteiger partial charge in [0, 0.05) is 63.6 Å². The predicted octanol–water partition coefficient (Wildman–Crippen LogP) is 4.13. The number of halogens is 1. The molecule has 12 nitrogen and oxygen atoms in total. The maximum Gasteiger partial charge on any atom is 0.232 e. The third-order valence-corrected chi connectivity index (χ3v) is 8.79. The zero-order valence-electron chi connectivity index (χ0n) is 23.5. The molecule has 0 aliphatic carbocycles. The second-order valence-electron chi connectivity index (χ2n) is 9.89. The van der Waals surface area contributed by atoms with Crippen LogP contribution in [0.15, 0.2) is 47.3 Å². The predicted molar refractivity (Wildman–Crippen MR) is 167 cm³/mol. The molecule has 1 aliphatic rings. The summed E-state index contributed by atoms with van der Waals surface area (Å²) in [6, 6.07) is 7.60. The molecule has 0 amide bonds. The van der Waals surface area contributed by atoms with Gasteiger partial charge in [-0.25, -0.2) is 13.4 Å². The van der Waals surface area contributed by atoms with Crippen molar-refractivity contribution in [1.29, 1.82) is 0 Å². The fourth-order valence-electron chi connectivity index (χ4n) is 4.70. The molecule has 3 heterocycles. The zero-order valence-corrected chi connectivity index (χ0v) is 25.9. The van der Waals surface area contributed by atoms with Crippen LogP contribution in [0.25, 0.3) is 11.0 Å². The summed E-state index contributed by atoms with van der Waals surface area (Å²) in [5, 5.41) is 6.54. The van der Waals surface area contributed by atoms with Crippen molar-refractivity contribution in [2.24, 2.45) is 0 Å². The number of fused-ring (bicyclic) bond motifs is 1. The summed E-state index contributed by atoms with van der Waals surface area (Å²) in [4.78, 5) is 22.5. The van der Waals surface area contributed by atoms with Crippen LogP contribution in [-0.2, 0) is 10.0 Å². The zero-order chi connectivity index (χ0) is 29.3. The minimum atomic E-state index is -3.60. The SMILES string of the molecule is COc1cc(N2CCN(C)CC2)c(C)cc1Nc1ncc(Br)c(Nc2ccc3nccnc3c2N(C)S(C)(=O)=O)n1. The van der Waals surface area contributed by atoms with Gasteiger partial charge in [-0.3, -0.25) is 14.3 Å². The lowest BCUT2D eigenvalue weighted by atomic mass is 10.1. The standard InChI is InChI=1S/C27H32BrN9O3S/c1-17-14-21(23(40-4)15-22(17)37-12-10-35(2)11-13-37)33-27-31-16-18(28)26(34-27)32-20-7-6-19-24(30-9-8-29-19)25(20)36(3)41(5,38)39/h6-9,14-16H,10-13H2,1-5H3,(H2,31,32,33,34). The van der Waals surface area contributed by atoms with Crippen LogP contribution in [0.3, 0.4) is 0 Å². The number of nitrogens with one attached hydrogen (secondary N) is 2. The number of hydrogen-bond donors (Lipinski definition) is 2. The van der Waals surface area contributed by atoms with Gasteiger partial charge in [-0.05, 0) is 53.7 Å². The highest BCUT2D eigenvalue weighted by Crippen LogP contribution is 2.38. The first kappa shape index (κ1) is 28.8. The van der Waals surface area contributed by atoms with Crippen molar-refractivity contribution in [3.63, 3.8) is 0 Å². The number of sulfonamides is 1. The van der Waals surface area contributed by atoms with Crippen LogP contribution in [-0.4, -0.2) is 86.9 Å². The third-order valence-electron chi connectivity index (χ3n) is 7.03. The Balaban J connectivity index is 1.47. The smallest absolute Gasteiger partial charge is 0.232 e.